The predicted molar refractivity (Wildman–Crippen MR) is 162 cm³/mol. The molecule has 0 unspecified atom stereocenters. The summed E-state index contributed by atoms with van der Waals surface area (Å²) >= 11 is 0. The minimum Gasteiger partial charge on any atom is -0.465 e. The molecule has 6 nitrogen and oxygen atoms in total. The molecule has 4 aromatic rings. The second kappa shape index (κ2) is 12.0. The molecule has 0 spiro atoms. The highest BCUT2D eigenvalue weighted by Gasteiger charge is 2.43. The van der Waals surface area contributed by atoms with E-state index in [0.717, 1.165) is 39.8 Å². The van der Waals surface area contributed by atoms with Crippen LogP contribution >= 0.6 is 0 Å². The molecular formula is C36H34N2O4. The largest absolute Gasteiger partial charge is 0.465 e. The fourth-order valence-corrected chi connectivity index (χ4v) is 6.07. The van der Waals surface area contributed by atoms with Crippen LogP contribution in [0, 0.1) is 5.92 Å². The maximum Gasteiger partial charge on any atom is 0.337 e. The zero-order valence-electron chi connectivity index (χ0n) is 23.7. The molecule has 4 aromatic carbocycles. The number of hydrogen-bond donors (Lipinski definition) is 1. The van der Waals surface area contributed by atoms with Crippen LogP contribution in [0.2, 0.25) is 0 Å². The lowest BCUT2D eigenvalue weighted by molar-refractivity contribution is -0.131. The predicted octanol–water partition coefficient (Wildman–Crippen LogP) is 5.69. The normalized spacial score (nSPS) is 17.2. The molecule has 212 valence electrons. The molecule has 2 amide bonds. The van der Waals surface area contributed by atoms with Crippen molar-refractivity contribution in [3.63, 3.8) is 0 Å². The zero-order valence-corrected chi connectivity index (χ0v) is 23.7. The molecule has 1 N–H and O–H groups in total. The number of nitrogens with one attached hydrogen (secondary N) is 1. The summed E-state index contributed by atoms with van der Waals surface area (Å²) in [7, 11) is 1.38. The Kier molecular flexibility index (Phi) is 7.87. The van der Waals surface area contributed by atoms with Crippen LogP contribution in [-0.2, 0) is 40.3 Å². The fraction of sp³-hybridized carbons (Fsp3) is 0.250. The topological polar surface area (TPSA) is 75.7 Å². The van der Waals surface area contributed by atoms with Gasteiger partial charge in [-0.3, -0.25) is 9.59 Å². The summed E-state index contributed by atoms with van der Waals surface area (Å²) in [6.07, 6.45) is 1.91. The molecular weight excluding hydrogens is 524 g/mol. The van der Waals surface area contributed by atoms with Crippen LogP contribution in [0.5, 0.6) is 0 Å². The second-order valence-electron chi connectivity index (χ2n) is 11.1. The summed E-state index contributed by atoms with van der Waals surface area (Å²) in [5.74, 6) is 0.0451. The minimum atomic E-state index is -0.378. The van der Waals surface area contributed by atoms with Crippen LogP contribution in [0.25, 0.3) is 11.1 Å². The van der Waals surface area contributed by atoms with Crippen LogP contribution < -0.4 is 5.32 Å². The molecule has 2 aliphatic rings. The molecule has 1 fully saturated rings. The van der Waals surface area contributed by atoms with Crippen molar-refractivity contribution in [3.8, 4) is 11.1 Å². The second-order valence-corrected chi connectivity index (χ2v) is 11.1. The smallest absolute Gasteiger partial charge is 0.337 e. The molecule has 1 aliphatic heterocycles. The van der Waals surface area contributed by atoms with E-state index in [2.05, 4.69) is 23.5 Å². The van der Waals surface area contributed by atoms with E-state index in [0.29, 0.717) is 38.0 Å². The number of nitrogens with zero attached hydrogens (tertiary/aromatic N) is 1. The number of carbonyl (C=O) groups excluding carboxylic acids is 3. The Bertz CT molecular complexity index is 1620. The van der Waals surface area contributed by atoms with Gasteiger partial charge >= 0.3 is 5.97 Å². The highest BCUT2D eigenvalue weighted by atomic mass is 16.5. The lowest BCUT2D eigenvalue weighted by Gasteiger charge is -2.32. The monoisotopic (exact) mass is 558 g/mol. The summed E-state index contributed by atoms with van der Waals surface area (Å²) in [6, 6.07) is 31.6. The van der Waals surface area contributed by atoms with E-state index in [9.17, 15) is 14.4 Å². The minimum absolute atomic E-state index is 0.00694. The van der Waals surface area contributed by atoms with Gasteiger partial charge in [0.2, 0.25) is 11.8 Å². The molecule has 1 saturated carbocycles. The van der Waals surface area contributed by atoms with E-state index in [4.69, 9.17) is 4.74 Å². The number of carbonyl (C=O) groups is 3. The van der Waals surface area contributed by atoms with Gasteiger partial charge in [-0.25, -0.2) is 4.79 Å². The highest BCUT2D eigenvalue weighted by molar-refractivity contribution is 5.91. The Morgan fingerprint density at radius 2 is 1.64 bits per heavy atom. The molecule has 6 heteroatoms. The summed E-state index contributed by atoms with van der Waals surface area (Å²) in [5, 5.41) is 3.18. The number of ether oxygens (including phenoxy) is 1. The molecule has 42 heavy (non-hydrogen) atoms. The van der Waals surface area contributed by atoms with Gasteiger partial charge in [0.15, 0.2) is 0 Å². The van der Waals surface area contributed by atoms with Gasteiger partial charge in [-0.05, 0) is 69.8 Å². The number of hydrogen-bond acceptors (Lipinski definition) is 4. The summed E-state index contributed by atoms with van der Waals surface area (Å²) in [6.45, 7) is 1.49. The van der Waals surface area contributed by atoms with Crippen LogP contribution in [0.3, 0.4) is 0 Å². The van der Waals surface area contributed by atoms with Crippen molar-refractivity contribution in [3.05, 3.63) is 130 Å². The van der Waals surface area contributed by atoms with Gasteiger partial charge in [-0.15, -0.1) is 0 Å². The molecule has 0 aromatic heterocycles. The number of rotatable bonds is 8. The highest BCUT2D eigenvalue weighted by Crippen LogP contribution is 2.47. The molecule has 0 radical (unpaired) electrons. The summed E-state index contributed by atoms with van der Waals surface area (Å²) in [5.41, 5.74) is 7.89. The molecule has 1 aliphatic carbocycles. The maximum atomic E-state index is 13.3. The van der Waals surface area contributed by atoms with E-state index in [1.807, 2.05) is 77.7 Å². The first-order valence-corrected chi connectivity index (χ1v) is 14.5. The van der Waals surface area contributed by atoms with E-state index in [-0.39, 0.29) is 29.6 Å². The van der Waals surface area contributed by atoms with Crippen LogP contribution in [-0.4, -0.2) is 36.3 Å². The van der Waals surface area contributed by atoms with Crippen LogP contribution in [0.4, 0.5) is 0 Å². The van der Waals surface area contributed by atoms with Gasteiger partial charge in [0.1, 0.15) is 0 Å². The lowest BCUT2D eigenvalue weighted by Crippen LogP contribution is -2.38. The molecule has 0 bridgehead atoms. The van der Waals surface area contributed by atoms with Crippen molar-refractivity contribution in [2.75, 3.05) is 13.7 Å². The van der Waals surface area contributed by atoms with E-state index >= 15 is 0 Å². The Balaban J connectivity index is 1.25. The van der Waals surface area contributed by atoms with Gasteiger partial charge in [0.05, 0.1) is 19.1 Å². The maximum absolute atomic E-state index is 13.3. The first-order valence-electron chi connectivity index (χ1n) is 14.5. The molecule has 2 atom stereocenters. The average Bonchev–Trinajstić information content (AvgIpc) is 3.85. The molecule has 6 rings (SSSR count). The molecule has 0 saturated heterocycles. The molecule has 1 heterocycles. The lowest BCUT2D eigenvalue weighted by atomic mass is 9.87. The SMILES string of the molecule is COC(=O)c1cccc(-c2ccc(CNC(=O)[C@@H]3C[C@@H]3c3ccccc3)c3c2CCN(C(=O)Cc2ccccc2)C3)c1. The van der Waals surface area contributed by atoms with Crippen LogP contribution in [0.15, 0.2) is 97.1 Å². The van der Waals surface area contributed by atoms with Gasteiger partial charge < -0.3 is 15.0 Å². The number of esters is 1. The Labute approximate surface area is 246 Å². The van der Waals surface area contributed by atoms with Crippen LogP contribution in [0.1, 0.15) is 50.5 Å². The van der Waals surface area contributed by atoms with Gasteiger partial charge in [-0.1, -0.05) is 84.9 Å². The van der Waals surface area contributed by atoms with Crippen molar-refractivity contribution < 1.29 is 19.1 Å². The first-order chi connectivity index (χ1) is 20.5. The number of amides is 2. The number of fused-ring (bicyclic) bond motifs is 1. The van der Waals surface area contributed by atoms with Crippen molar-refractivity contribution in [2.24, 2.45) is 5.92 Å². The van der Waals surface area contributed by atoms with E-state index < -0.39 is 0 Å². The Morgan fingerprint density at radius 3 is 2.40 bits per heavy atom. The number of methoxy groups -OCH3 is 1. The Hall–Kier alpha value is -4.71. The van der Waals surface area contributed by atoms with Gasteiger partial charge in [0, 0.05) is 25.6 Å². The Morgan fingerprint density at radius 1 is 0.881 bits per heavy atom. The third-order valence-corrected chi connectivity index (χ3v) is 8.46. The first kappa shape index (κ1) is 27.5. The quantitative estimate of drug-likeness (QED) is 0.282. The zero-order chi connectivity index (χ0) is 29.1. The summed E-state index contributed by atoms with van der Waals surface area (Å²) in [4.78, 5) is 40.6. The fourth-order valence-electron chi connectivity index (χ4n) is 6.07. The third-order valence-electron chi connectivity index (χ3n) is 8.46. The summed E-state index contributed by atoms with van der Waals surface area (Å²) < 4.78 is 4.94. The van der Waals surface area contributed by atoms with Crippen molar-refractivity contribution >= 4 is 17.8 Å². The van der Waals surface area contributed by atoms with Crippen molar-refractivity contribution in [1.29, 1.82) is 0 Å². The van der Waals surface area contributed by atoms with E-state index in [1.165, 1.54) is 12.7 Å². The average molecular weight is 559 g/mol. The van der Waals surface area contributed by atoms with Gasteiger partial charge in [0.25, 0.3) is 0 Å². The van der Waals surface area contributed by atoms with Crippen molar-refractivity contribution in [1.82, 2.24) is 10.2 Å². The van der Waals surface area contributed by atoms with E-state index in [1.54, 1.807) is 6.07 Å². The standard InChI is InChI=1S/C36H34N2O4/c1-42-36(41)27-14-8-13-26(20-27)29-16-15-28(22-37-35(40)32-21-31(32)25-11-6-3-7-12-25)33-23-38(18-17-30(29)33)34(39)19-24-9-4-2-5-10-24/h2-16,20,31-32H,17-19,21-23H2,1H3,(H,37,40)/t31-,32-/m1/s1. The van der Waals surface area contributed by atoms with Gasteiger partial charge in [-0.2, -0.15) is 0 Å². The third kappa shape index (κ3) is 5.84. The van der Waals surface area contributed by atoms with Crippen molar-refractivity contribution in [2.45, 2.75) is 38.3 Å². The number of benzene rings is 4.